The fourth-order valence-electron chi connectivity index (χ4n) is 2.03. The number of thioether (sulfide) groups is 1. The zero-order chi connectivity index (χ0) is 10.8. The Labute approximate surface area is 103 Å². The summed E-state index contributed by atoms with van der Waals surface area (Å²) in [4.78, 5) is 5.64. The predicted octanol–water partition coefficient (Wildman–Crippen LogP) is 2.38. The van der Waals surface area contributed by atoms with Crippen molar-refractivity contribution in [2.75, 3.05) is 12.3 Å². The lowest BCUT2D eigenvalue weighted by atomic mass is 10.2. The highest BCUT2D eigenvalue weighted by Gasteiger charge is 2.14. The lowest BCUT2D eigenvalue weighted by molar-refractivity contribution is 0.640. The smallest absolute Gasteiger partial charge is 0.193 e. The van der Waals surface area contributed by atoms with Gasteiger partial charge in [-0.15, -0.1) is 11.3 Å². The number of hydrogen-bond acceptors (Lipinski definition) is 4. The SMILES string of the molecule is c1cn2cc(CNCC3CCCS3)nc2s1. The van der Waals surface area contributed by atoms with E-state index in [1.54, 1.807) is 11.3 Å². The van der Waals surface area contributed by atoms with Gasteiger partial charge in [0.2, 0.25) is 0 Å². The Kier molecular flexibility index (Phi) is 3.17. The standard InChI is InChI=1S/C11H15N3S2/c1-2-10(15-4-1)7-12-6-9-8-14-3-5-16-11(14)13-9/h3,5,8,10,12H,1-2,4,6-7H2. The molecule has 1 atom stereocenters. The van der Waals surface area contributed by atoms with E-state index < -0.39 is 0 Å². The van der Waals surface area contributed by atoms with Crippen LogP contribution in [0.5, 0.6) is 0 Å². The molecule has 1 saturated heterocycles. The van der Waals surface area contributed by atoms with Crippen LogP contribution in [0.15, 0.2) is 17.8 Å². The number of hydrogen-bond donors (Lipinski definition) is 1. The highest BCUT2D eigenvalue weighted by Crippen LogP contribution is 2.25. The normalized spacial score (nSPS) is 20.9. The maximum atomic E-state index is 4.55. The first-order valence-corrected chi connectivity index (χ1v) is 7.58. The number of fused-ring (bicyclic) bond motifs is 1. The molecule has 1 fully saturated rings. The fourth-order valence-corrected chi connectivity index (χ4v) is 3.98. The number of thiazole rings is 1. The maximum Gasteiger partial charge on any atom is 0.193 e. The van der Waals surface area contributed by atoms with E-state index in [0.717, 1.165) is 29.0 Å². The van der Waals surface area contributed by atoms with Crippen LogP contribution < -0.4 is 5.32 Å². The first kappa shape index (κ1) is 10.6. The van der Waals surface area contributed by atoms with Crippen molar-refractivity contribution in [2.24, 2.45) is 0 Å². The fraction of sp³-hybridized carbons (Fsp3) is 0.545. The van der Waals surface area contributed by atoms with Crippen LogP contribution in [0.3, 0.4) is 0 Å². The van der Waals surface area contributed by atoms with E-state index in [0.29, 0.717) is 0 Å². The second-order valence-corrected chi connectivity index (χ2v) is 6.37. The van der Waals surface area contributed by atoms with Gasteiger partial charge in [0.1, 0.15) is 0 Å². The summed E-state index contributed by atoms with van der Waals surface area (Å²) >= 11 is 3.79. The molecule has 16 heavy (non-hydrogen) atoms. The number of aromatic nitrogens is 2. The Hall–Kier alpha value is -0.520. The van der Waals surface area contributed by atoms with Gasteiger partial charge in [-0.3, -0.25) is 4.40 Å². The van der Waals surface area contributed by atoms with Gasteiger partial charge in [0.05, 0.1) is 5.69 Å². The average Bonchev–Trinajstić information content (AvgIpc) is 2.91. The highest BCUT2D eigenvalue weighted by molar-refractivity contribution is 8.00. The molecule has 1 N–H and O–H groups in total. The van der Waals surface area contributed by atoms with E-state index in [2.05, 4.69) is 44.2 Å². The molecule has 0 bridgehead atoms. The van der Waals surface area contributed by atoms with Gasteiger partial charge < -0.3 is 5.32 Å². The molecule has 3 rings (SSSR count). The maximum absolute atomic E-state index is 4.55. The number of nitrogens with zero attached hydrogens (tertiary/aromatic N) is 2. The molecular weight excluding hydrogens is 238 g/mol. The number of imidazole rings is 1. The zero-order valence-electron chi connectivity index (χ0n) is 9.06. The minimum atomic E-state index is 0.823. The summed E-state index contributed by atoms with van der Waals surface area (Å²) in [5.74, 6) is 1.34. The molecule has 0 aliphatic carbocycles. The average molecular weight is 253 g/mol. The first-order chi connectivity index (χ1) is 7.92. The third-order valence-corrected chi connectivity index (χ3v) is 5.01. The molecule has 1 aliphatic rings. The predicted molar refractivity (Wildman–Crippen MR) is 70.3 cm³/mol. The van der Waals surface area contributed by atoms with E-state index in [9.17, 15) is 0 Å². The monoisotopic (exact) mass is 253 g/mol. The van der Waals surface area contributed by atoms with Crippen LogP contribution >= 0.6 is 23.1 Å². The molecule has 3 nitrogen and oxygen atoms in total. The van der Waals surface area contributed by atoms with Crippen LogP contribution in [0.4, 0.5) is 0 Å². The van der Waals surface area contributed by atoms with Gasteiger partial charge >= 0.3 is 0 Å². The van der Waals surface area contributed by atoms with Gasteiger partial charge in [0.25, 0.3) is 0 Å². The van der Waals surface area contributed by atoms with Crippen LogP contribution in [0.25, 0.3) is 4.96 Å². The van der Waals surface area contributed by atoms with Crippen molar-refractivity contribution >= 4 is 28.1 Å². The highest BCUT2D eigenvalue weighted by atomic mass is 32.2. The van der Waals surface area contributed by atoms with Crippen LogP contribution in [0.1, 0.15) is 18.5 Å². The van der Waals surface area contributed by atoms with Gasteiger partial charge in [-0.05, 0) is 18.6 Å². The summed E-state index contributed by atoms with van der Waals surface area (Å²) in [6.45, 7) is 2.02. The Morgan fingerprint density at radius 3 is 3.38 bits per heavy atom. The first-order valence-electron chi connectivity index (χ1n) is 5.65. The lowest BCUT2D eigenvalue weighted by Gasteiger charge is -2.08. The van der Waals surface area contributed by atoms with E-state index in [4.69, 9.17) is 0 Å². The van der Waals surface area contributed by atoms with E-state index in [-0.39, 0.29) is 0 Å². The van der Waals surface area contributed by atoms with Crippen LogP contribution in [0, 0.1) is 0 Å². The molecule has 0 aromatic carbocycles. The molecule has 86 valence electrons. The third kappa shape index (κ3) is 2.26. The van der Waals surface area contributed by atoms with Crippen molar-refractivity contribution in [3.05, 3.63) is 23.5 Å². The molecule has 2 aromatic heterocycles. The van der Waals surface area contributed by atoms with Crippen molar-refractivity contribution in [1.82, 2.24) is 14.7 Å². The summed E-state index contributed by atoms with van der Waals surface area (Å²) in [6.07, 6.45) is 6.93. The molecule has 0 amide bonds. The molecule has 1 aliphatic heterocycles. The molecule has 0 saturated carbocycles. The molecular formula is C11H15N3S2. The molecule has 0 spiro atoms. The van der Waals surface area contributed by atoms with Gasteiger partial charge in [0.15, 0.2) is 4.96 Å². The van der Waals surface area contributed by atoms with Crippen LogP contribution in [0.2, 0.25) is 0 Å². The summed E-state index contributed by atoms with van der Waals surface area (Å²) in [5, 5.41) is 6.39. The largest absolute Gasteiger partial charge is 0.310 e. The van der Waals surface area contributed by atoms with Crippen molar-refractivity contribution < 1.29 is 0 Å². The number of nitrogens with one attached hydrogen (secondary N) is 1. The van der Waals surface area contributed by atoms with Crippen LogP contribution in [-0.4, -0.2) is 26.9 Å². The van der Waals surface area contributed by atoms with Gasteiger partial charge in [0, 0.05) is 36.1 Å². The van der Waals surface area contributed by atoms with Gasteiger partial charge in [-0.2, -0.15) is 11.8 Å². The molecule has 3 heterocycles. The summed E-state index contributed by atoms with van der Waals surface area (Å²) < 4.78 is 2.09. The van der Waals surface area contributed by atoms with Crippen molar-refractivity contribution in [3.8, 4) is 0 Å². The summed E-state index contributed by atoms with van der Waals surface area (Å²) in [6, 6.07) is 0. The molecule has 5 heteroatoms. The van der Waals surface area contributed by atoms with Gasteiger partial charge in [-0.25, -0.2) is 4.98 Å². The summed E-state index contributed by atoms with van der Waals surface area (Å²) in [5.41, 5.74) is 1.15. The Bertz CT molecular complexity index is 428. The lowest BCUT2D eigenvalue weighted by Crippen LogP contribution is -2.22. The molecule has 0 radical (unpaired) electrons. The summed E-state index contributed by atoms with van der Waals surface area (Å²) in [7, 11) is 0. The molecule has 2 aromatic rings. The van der Waals surface area contributed by atoms with E-state index in [1.165, 1.54) is 18.6 Å². The van der Waals surface area contributed by atoms with Crippen molar-refractivity contribution in [1.29, 1.82) is 0 Å². The quantitative estimate of drug-likeness (QED) is 0.907. The van der Waals surface area contributed by atoms with E-state index in [1.807, 2.05) is 0 Å². The van der Waals surface area contributed by atoms with Gasteiger partial charge in [-0.1, -0.05) is 0 Å². The number of rotatable bonds is 4. The van der Waals surface area contributed by atoms with Crippen LogP contribution in [-0.2, 0) is 6.54 Å². The Morgan fingerprint density at radius 2 is 2.56 bits per heavy atom. The van der Waals surface area contributed by atoms with E-state index >= 15 is 0 Å². The second kappa shape index (κ2) is 4.77. The van der Waals surface area contributed by atoms with Crippen molar-refractivity contribution in [2.45, 2.75) is 24.6 Å². The zero-order valence-corrected chi connectivity index (χ0v) is 10.7. The Morgan fingerprint density at radius 1 is 1.56 bits per heavy atom. The minimum absolute atomic E-state index is 0.823. The topological polar surface area (TPSA) is 29.3 Å². The molecule has 1 unspecified atom stereocenters. The second-order valence-electron chi connectivity index (χ2n) is 4.09. The Balaban J connectivity index is 1.52. The third-order valence-electron chi connectivity index (χ3n) is 2.85. The minimum Gasteiger partial charge on any atom is -0.310 e. The van der Waals surface area contributed by atoms with Crippen molar-refractivity contribution in [3.63, 3.8) is 0 Å².